The van der Waals surface area contributed by atoms with Gasteiger partial charge >= 0.3 is 0 Å². The molecule has 17 aromatic carbocycles. The fourth-order valence-electron chi connectivity index (χ4n) is 21.2. The molecule has 0 atom stereocenters. The lowest BCUT2D eigenvalue weighted by molar-refractivity contribution is 0.487. The van der Waals surface area contributed by atoms with Gasteiger partial charge in [0.2, 0.25) is 0 Å². The SMILES string of the molecule is Cc1cccc(C)c1-c1ccc(N2c3ccc(-c4c(C)cccc4C)cc3B3c4cc5c(cc4Oc4cc(-n6c7ccccc7c7ccccc76)cc2c43)N(c2c(-c3ccccc3)cccc2-c2ccccc2)c2cc(-c3c(C)cccc3C)cc3c2B5c2cc(-c4c(C)cccc4C)ccc2N3c2ccc(-c3c(C)cccc3C)cc2)cc1. The largest absolute Gasteiger partial charge is 0.458 e. The molecule has 7 heteroatoms. The number of fused-ring (bicyclic) bond motifs is 11. The van der Waals surface area contributed by atoms with Crippen LogP contribution in [0.15, 0.2) is 340 Å². The average molecular weight is 1530 g/mol. The number of rotatable bonds is 11. The Morgan fingerprint density at radius 3 is 1.03 bits per heavy atom. The van der Waals surface area contributed by atoms with Crippen molar-refractivity contribution in [2.75, 3.05) is 14.7 Å². The van der Waals surface area contributed by atoms with E-state index in [1.807, 2.05) is 0 Å². The summed E-state index contributed by atoms with van der Waals surface area (Å²) in [6, 6.07) is 129. The van der Waals surface area contributed by atoms with E-state index in [4.69, 9.17) is 4.74 Å². The molecule has 0 spiro atoms. The Balaban J connectivity index is 0.883. The van der Waals surface area contributed by atoms with Gasteiger partial charge < -0.3 is 24.0 Å². The van der Waals surface area contributed by atoms with Gasteiger partial charge in [0.25, 0.3) is 13.4 Å². The van der Waals surface area contributed by atoms with Crippen molar-refractivity contribution in [3.63, 3.8) is 0 Å². The number of para-hydroxylation sites is 3. The molecule has 1 aromatic heterocycles. The third kappa shape index (κ3) is 11.2. The Morgan fingerprint density at radius 2 is 0.580 bits per heavy atom. The molecule has 119 heavy (non-hydrogen) atoms. The molecule has 0 saturated carbocycles. The van der Waals surface area contributed by atoms with E-state index in [9.17, 15) is 0 Å². The topological polar surface area (TPSA) is 23.9 Å². The molecule has 0 bridgehead atoms. The third-order valence-corrected chi connectivity index (χ3v) is 26.3. The Hall–Kier alpha value is -14.1. The summed E-state index contributed by atoms with van der Waals surface area (Å²) in [7, 11) is 0. The van der Waals surface area contributed by atoms with Crippen molar-refractivity contribution >= 4 is 119 Å². The van der Waals surface area contributed by atoms with Crippen LogP contribution in [0.3, 0.4) is 0 Å². The highest BCUT2D eigenvalue weighted by Crippen LogP contribution is 2.54. The summed E-state index contributed by atoms with van der Waals surface area (Å²) < 4.78 is 10.7. The molecule has 0 radical (unpaired) electrons. The summed E-state index contributed by atoms with van der Waals surface area (Å²) in [5.74, 6) is 1.62. The molecule has 4 aliphatic heterocycles. The lowest BCUT2D eigenvalue weighted by Crippen LogP contribution is -2.64. The van der Waals surface area contributed by atoms with Crippen LogP contribution in [0.1, 0.15) is 55.6 Å². The van der Waals surface area contributed by atoms with Crippen molar-refractivity contribution in [3.05, 3.63) is 395 Å². The molecule has 566 valence electrons. The molecule has 5 nitrogen and oxygen atoms in total. The van der Waals surface area contributed by atoms with Crippen molar-refractivity contribution in [2.45, 2.75) is 69.2 Å². The zero-order chi connectivity index (χ0) is 80.3. The molecule has 0 N–H and O–H groups in total. The van der Waals surface area contributed by atoms with Gasteiger partial charge in [-0.1, -0.05) is 261 Å². The van der Waals surface area contributed by atoms with Crippen LogP contribution in [0.5, 0.6) is 11.5 Å². The molecule has 22 rings (SSSR count). The molecular formula is C112H86B2N4O. The van der Waals surface area contributed by atoms with Gasteiger partial charge in [-0.15, -0.1) is 0 Å². The number of ether oxygens (including phenoxy) is 1. The summed E-state index contributed by atoms with van der Waals surface area (Å²) in [4.78, 5) is 7.85. The second-order valence-corrected chi connectivity index (χ2v) is 33.5. The number of hydrogen-bond acceptors (Lipinski definition) is 4. The second kappa shape index (κ2) is 27.8. The smallest absolute Gasteiger partial charge is 0.256 e. The van der Waals surface area contributed by atoms with Crippen molar-refractivity contribution in [1.82, 2.24) is 4.57 Å². The van der Waals surface area contributed by atoms with Crippen molar-refractivity contribution in [2.24, 2.45) is 0 Å². The Labute approximate surface area is 698 Å². The van der Waals surface area contributed by atoms with Gasteiger partial charge in [0.05, 0.1) is 22.4 Å². The van der Waals surface area contributed by atoms with Gasteiger partial charge in [0.1, 0.15) is 11.5 Å². The van der Waals surface area contributed by atoms with Crippen molar-refractivity contribution in [1.29, 1.82) is 0 Å². The van der Waals surface area contributed by atoms with E-state index in [0.29, 0.717) is 0 Å². The number of aryl methyl sites for hydroxylation is 10. The van der Waals surface area contributed by atoms with Crippen LogP contribution in [0.2, 0.25) is 0 Å². The Morgan fingerprint density at radius 1 is 0.218 bits per heavy atom. The molecule has 0 amide bonds. The van der Waals surface area contributed by atoms with E-state index in [1.54, 1.807) is 0 Å². The maximum atomic E-state index is 8.27. The maximum absolute atomic E-state index is 8.27. The van der Waals surface area contributed by atoms with Crippen LogP contribution < -0.4 is 52.2 Å². The average Bonchev–Trinajstić information content (AvgIpc) is 1.14. The first-order valence-corrected chi connectivity index (χ1v) is 41.8. The molecular weight excluding hydrogens is 1440 g/mol. The summed E-state index contributed by atoms with van der Waals surface area (Å²) in [6.45, 7) is 21.9. The molecule has 5 heterocycles. The van der Waals surface area contributed by atoms with Crippen molar-refractivity contribution in [3.8, 4) is 95.1 Å². The first-order chi connectivity index (χ1) is 58.2. The van der Waals surface area contributed by atoms with Crippen LogP contribution in [0, 0.1) is 69.2 Å². The van der Waals surface area contributed by atoms with E-state index >= 15 is 0 Å². The molecule has 18 aromatic rings. The van der Waals surface area contributed by atoms with Gasteiger partial charge in [-0.2, -0.15) is 0 Å². The number of hydrogen-bond donors (Lipinski definition) is 0. The summed E-state index contributed by atoms with van der Waals surface area (Å²) in [5, 5.41) is 2.39. The zero-order valence-electron chi connectivity index (χ0n) is 68.7. The predicted molar refractivity (Wildman–Crippen MR) is 506 cm³/mol. The second-order valence-electron chi connectivity index (χ2n) is 33.5. The summed E-state index contributed by atoms with van der Waals surface area (Å²) in [5.41, 5.74) is 49.2. The quantitative estimate of drug-likeness (QED) is 0.120. The minimum atomic E-state index is -0.334. The Kier molecular flexibility index (Phi) is 16.7. The standard InChI is InChI=1S/C112H86B2N4O/c1-67-27-21-28-68(2)105(67)79-47-53-84(54-48-79)115-97-57-51-81(107-71(5)31-23-32-72(107)6)59-91(97)113-93-65-94-103(66-99(93)118(101-62-83(61-100(115)110(101)113)109-75(9)35-25-36-76(109)10)112-87(77-37-13-11-14-38-77)43-26-44-88(112)78-39-15-12-16-40-78)119-104-64-86(117-95-45-19-17-41-89(95)90-42-18-20-46-96(90)117)63-102-111(104)114(94)92-60-82(108-73(7)33-24-34-74(108)8)52-58-98(92)116(102)85-55-49-80(50-56-85)106-69(3)29-22-30-70(106)4/h11-66H,1-10H3. The van der Waals surface area contributed by atoms with E-state index < -0.39 is 0 Å². The van der Waals surface area contributed by atoms with Crippen LogP contribution in [-0.4, -0.2) is 18.0 Å². The molecule has 0 saturated heterocycles. The van der Waals surface area contributed by atoms with Crippen LogP contribution in [0.4, 0.5) is 51.2 Å². The first-order valence-electron chi connectivity index (χ1n) is 41.8. The van der Waals surface area contributed by atoms with E-state index in [0.717, 1.165) is 118 Å². The normalized spacial score (nSPS) is 12.8. The lowest BCUT2D eigenvalue weighted by Gasteiger charge is -2.46. The third-order valence-electron chi connectivity index (χ3n) is 26.3. The lowest BCUT2D eigenvalue weighted by atomic mass is 9.30. The van der Waals surface area contributed by atoms with Crippen molar-refractivity contribution < 1.29 is 4.74 Å². The monoisotopic (exact) mass is 1520 g/mol. The van der Waals surface area contributed by atoms with Gasteiger partial charge in [0, 0.05) is 79.5 Å². The van der Waals surface area contributed by atoms with E-state index in [-0.39, 0.29) is 13.4 Å². The van der Waals surface area contributed by atoms with Crippen LogP contribution >= 0.6 is 0 Å². The number of aromatic nitrogens is 1. The van der Waals surface area contributed by atoms with E-state index in [2.05, 4.69) is 428 Å². The zero-order valence-corrected chi connectivity index (χ0v) is 68.7. The van der Waals surface area contributed by atoms with Crippen LogP contribution in [0.25, 0.3) is 105 Å². The van der Waals surface area contributed by atoms with Gasteiger partial charge in [0.15, 0.2) is 0 Å². The van der Waals surface area contributed by atoms with E-state index in [1.165, 1.54) is 138 Å². The highest BCUT2D eigenvalue weighted by Gasteiger charge is 2.49. The molecule has 0 fully saturated rings. The summed E-state index contributed by atoms with van der Waals surface area (Å²) >= 11 is 0. The Bertz CT molecular complexity index is 7070. The van der Waals surface area contributed by atoms with Gasteiger partial charge in [-0.3, -0.25) is 0 Å². The van der Waals surface area contributed by atoms with Gasteiger partial charge in [-0.25, -0.2) is 0 Å². The fraction of sp³-hybridized carbons (Fsp3) is 0.0893. The molecule has 0 unspecified atom stereocenters. The first kappa shape index (κ1) is 71.4. The maximum Gasteiger partial charge on any atom is 0.256 e. The minimum Gasteiger partial charge on any atom is -0.458 e. The highest BCUT2D eigenvalue weighted by atomic mass is 16.5. The number of anilines is 9. The number of nitrogens with zero attached hydrogens (tertiary/aromatic N) is 4. The minimum absolute atomic E-state index is 0.327. The van der Waals surface area contributed by atoms with Crippen LogP contribution in [-0.2, 0) is 0 Å². The van der Waals surface area contributed by atoms with Gasteiger partial charge in [-0.05, 0) is 291 Å². The molecule has 4 aliphatic rings. The number of benzene rings is 17. The summed E-state index contributed by atoms with van der Waals surface area (Å²) in [6.07, 6.45) is 0. The fourth-order valence-corrected chi connectivity index (χ4v) is 21.2. The highest BCUT2D eigenvalue weighted by molar-refractivity contribution is 7.02. The predicted octanol–water partition coefficient (Wildman–Crippen LogP) is 26.0. The molecule has 0 aliphatic carbocycles.